The van der Waals surface area contributed by atoms with Crippen LogP contribution in [-0.2, 0) is 4.79 Å². The maximum Gasteiger partial charge on any atom is 0.217 e. The van der Waals surface area contributed by atoms with Gasteiger partial charge in [0.05, 0.1) is 0 Å². The number of hydrogen-bond donors (Lipinski definition) is 1. The number of amides is 1. The summed E-state index contributed by atoms with van der Waals surface area (Å²) < 4.78 is 0. The van der Waals surface area contributed by atoms with Gasteiger partial charge < -0.3 is 5.73 Å². The van der Waals surface area contributed by atoms with E-state index in [1.165, 1.54) is 83.5 Å². The van der Waals surface area contributed by atoms with Crippen LogP contribution in [0.1, 0.15) is 103 Å². The molecular weight excluding hydrogens is 258 g/mol. The summed E-state index contributed by atoms with van der Waals surface area (Å²) in [5, 5.41) is 0. The normalized spacial score (nSPS) is 20.6. The largest absolute Gasteiger partial charge is 0.370 e. The van der Waals surface area contributed by atoms with Crippen molar-refractivity contribution in [1.82, 2.24) is 0 Å². The van der Waals surface area contributed by atoms with E-state index in [1.807, 2.05) is 0 Å². The molecule has 1 aliphatic rings. The molecule has 1 rings (SSSR count). The van der Waals surface area contributed by atoms with Crippen molar-refractivity contribution >= 4 is 5.91 Å². The Hall–Kier alpha value is -0.530. The van der Waals surface area contributed by atoms with Crippen molar-refractivity contribution < 1.29 is 4.79 Å². The molecule has 124 valence electrons. The van der Waals surface area contributed by atoms with Crippen LogP contribution in [0, 0.1) is 11.8 Å². The van der Waals surface area contributed by atoms with E-state index >= 15 is 0 Å². The highest BCUT2D eigenvalue weighted by Crippen LogP contribution is 2.45. The van der Waals surface area contributed by atoms with Gasteiger partial charge in [0.25, 0.3) is 0 Å². The lowest BCUT2D eigenvalue weighted by Crippen LogP contribution is -2.09. The van der Waals surface area contributed by atoms with E-state index in [0.29, 0.717) is 6.42 Å². The summed E-state index contributed by atoms with van der Waals surface area (Å²) in [7, 11) is 0. The van der Waals surface area contributed by atoms with Crippen LogP contribution in [0.3, 0.4) is 0 Å². The molecule has 0 spiro atoms. The molecule has 1 aliphatic carbocycles. The highest BCUT2D eigenvalue weighted by atomic mass is 16.1. The first-order chi connectivity index (χ1) is 10.2. The van der Waals surface area contributed by atoms with Gasteiger partial charge in [-0.15, -0.1) is 0 Å². The van der Waals surface area contributed by atoms with E-state index in [0.717, 1.165) is 18.3 Å². The Morgan fingerprint density at radius 2 is 1.29 bits per heavy atom. The van der Waals surface area contributed by atoms with Crippen molar-refractivity contribution in [3.63, 3.8) is 0 Å². The molecule has 0 unspecified atom stereocenters. The van der Waals surface area contributed by atoms with Crippen LogP contribution in [0.2, 0.25) is 0 Å². The standard InChI is InChI=1S/C19H37NO/c1-2-3-4-10-13-17-16-18(17)14-11-8-6-5-7-9-12-15-19(20)21/h17-18H,2-16H2,1H3,(H2,20,21)/t17-,18+/m0/s1. The minimum atomic E-state index is -0.149. The van der Waals surface area contributed by atoms with Crippen LogP contribution in [0.5, 0.6) is 0 Å². The molecule has 2 nitrogen and oxygen atoms in total. The molecule has 2 N–H and O–H groups in total. The van der Waals surface area contributed by atoms with E-state index in [4.69, 9.17) is 5.73 Å². The average molecular weight is 296 g/mol. The molecule has 1 amide bonds. The Morgan fingerprint density at radius 3 is 1.81 bits per heavy atom. The lowest BCUT2D eigenvalue weighted by atomic mass is 10.0. The summed E-state index contributed by atoms with van der Waals surface area (Å²) in [5.41, 5.74) is 5.12. The molecule has 0 saturated heterocycles. The Kier molecular flexibility index (Phi) is 10.6. The molecule has 2 atom stereocenters. The van der Waals surface area contributed by atoms with Crippen LogP contribution in [0.25, 0.3) is 0 Å². The van der Waals surface area contributed by atoms with Crippen molar-refractivity contribution in [3.8, 4) is 0 Å². The Morgan fingerprint density at radius 1 is 0.810 bits per heavy atom. The number of carbonyl (C=O) groups is 1. The summed E-state index contributed by atoms with van der Waals surface area (Å²) in [6.07, 6.45) is 19.8. The van der Waals surface area contributed by atoms with Crippen molar-refractivity contribution in [2.75, 3.05) is 0 Å². The molecule has 0 radical (unpaired) electrons. The monoisotopic (exact) mass is 295 g/mol. The first-order valence-electron chi connectivity index (χ1n) is 9.52. The molecule has 2 heteroatoms. The maximum absolute atomic E-state index is 10.6. The van der Waals surface area contributed by atoms with Gasteiger partial charge in [-0.1, -0.05) is 84.0 Å². The fraction of sp³-hybridized carbons (Fsp3) is 0.947. The van der Waals surface area contributed by atoms with Gasteiger partial charge in [-0.2, -0.15) is 0 Å². The van der Waals surface area contributed by atoms with Crippen molar-refractivity contribution in [1.29, 1.82) is 0 Å². The Bertz CT molecular complexity index is 264. The third kappa shape index (κ3) is 10.8. The van der Waals surface area contributed by atoms with Gasteiger partial charge in [0.2, 0.25) is 5.91 Å². The third-order valence-corrected chi connectivity index (χ3v) is 5.00. The minimum Gasteiger partial charge on any atom is -0.370 e. The van der Waals surface area contributed by atoms with Gasteiger partial charge in [0, 0.05) is 6.42 Å². The number of primary amides is 1. The summed E-state index contributed by atoms with van der Waals surface area (Å²) in [6, 6.07) is 0. The van der Waals surface area contributed by atoms with Crippen LogP contribution in [0.4, 0.5) is 0 Å². The summed E-state index contributed by atoms with van der Waals surface area (Å²) in [6.45, 7) is 2.29. The highest BCUT2D eigenvalue weighted by Gasteiger charge is 2.34. The molecule has 1 fully saturated rings. The second kappa shape index (κ2) is 12.1. The van der Waals surface area contributed by atoms with Gasteiger partial charge in [0.15, 0.2) is 0 Å². The molecule has 0 aromatic heterocycles. The Balaban J connectivity index is 1.75. The molecule has 21 heavy (non-hydrogen) atoms. The lowest BCUT2D eigenvalue weighted by Gasteiger charge is -2.02. The second-order valence-electron chi connectivity index (χ2n) is 7.09. The molecule has 1 saturated carbocycles. The molecule has 0 heterocycles. The van der Waals surface area contributed by atoms with E-state index in [1.54, 1.807) is 0 Å². The maximum atomic E-state index is 10.6. The third-order valence-electron chi connectivity index (χ3n) is 5.00. The zero-order chi connectivity index (χ0) is 15.3. The van der Waals surface area contributed by atoms with Crippen LogP contribution >= 0.6 is 0 Å². The zero-order valence-electron chi connectivity index (χ0n) is 14.2. The van der Waals surface area contributed by atoms with E-state index in [-0.39, 0.29) is 5.91 Å². The smallest absolute Gasteiger partial charge is 0.217 e. The number of nitrogens with two attached hydrogens (primary N) is 1. The van der Waals surface area contributed by atoms with Crippen LogP contribution in [0.15, 0.2) is 0 Å². The van der Waals surface area contributed by atoms with Crippen LogP contribution < -0.4 is 5.73 Å². The van der Waals surface area contributed by atoms with Crippen LogP contribution in [-0.4, -0.2) is 5.91 Å². The van der Waals surface area contributed by atoms with Crippen molar-refractivity contribution in [2.45, 2.75) is 103 Å². The highest BCUT2D eigenvalue weighted by molar-refractivity contribution is 5.73. The van der Waals surface area contributed by atoms with Gasteiger partial charge >= 0.3 is 0 Å². The number of rotatable bonds is 15. The lowest BCUT2D eigenvalue weighted by molar-refractivity contribution is -0.118. The summed E-state index contributed by atoms with van der Waals surface area (Å²) in [4.78, 5) is 10.6. The number of unbranched alkanes of at least 4 members (excludes halogenated alkanes) is 9. The van der Waals surface area contributed by atoms with E-state index in [2.05, 4.69) is 6.92 Å². The average Bonchev–Trinajstić information content (AvgIpc) is 3.20. The van der Waals surface area contributed by atoms with Gasteiger partial charge in [-0.3, -0.25) is 4.79 Å². The van der Waals surface area contributed by atoms with Gasteiger partial charge in [-0.05, 0) is 24.7 Å². The number of carbonyl (C=O) groups excluding carboxylic acids is 1. The quantitative estimate of drug-likeness (QED) is 0.393. The molecular formula is C19H37NO. The zero-order valence-corrected chi connectivity index (χ0v) is 14.2. The number of hydrogen-bond acceptors (Lipinski definition) is 1. The first kappa shape index (κ1) is 18.5. The fourth-order valence-corrected chi connectivity index (χ4v) is 3.44. The van der Waals surface area contributed by atoms with E-state index < -0.39 is 0 Å². The topological polar surface area (TPSA) is 43.1 Å². The van der Waals surface area contributed by atoms with Crippen molar-refractivity contribution in [3.05, 3.63) is 0 Å². The minimum absolute atomic E-state index is 0.149. The first-order valence-corrected chi connectivity index (χ1v) is 9.52. The predicted octanol–water partition coefficient (Wildman–Crippen LogP) is 5.59. The van der Waals surface area contributed by atoms with E-state index in [9.17, 15) is 4.79 Å². The van der Waals surface area contributed by atoms with Crippen molar-refractivity contribution in [2.24, 2.45) is 17.6 Å². The summed E-state index contributed by atoms with van der Waals surface area (Å²) >= 11 is 0. The SMILES string of the molecule is CCCCCC[C@H]1C[C@H]1CCCCCCCCCC(N)=O. The molecule has 0 aliphatic heterocycles. The summed E-state index contributed by atoms with van der Waals surface area (Å²) in [5.74, 6) is 2.03. The molecule has 0 aromatic carbocycles. The fourth-order valence-electron chi connectivity index (χ4n) is 3.44. The Labute approximate surface area is 132 Å². The van der Waals surface area contributed by atoms with Gasteiger partial charge in [0.1, 0.15) is 0 Å². The predicted molar refractivity (Wildman–Crippen MR) is 91.1 cm³/mol. The van der Waals surface area contributed by atoms with Gasteiger partial charge in [-0.25, -0.2) is 0 Å². The second-order valence-corrected chi connectivity index (χ2v) is 7.09. The molecule has 0 aromatic rings. The molecule has 0 bridgehead atoms.